The highest BCUT2D eigenvalue weighted by atomic mass is 16.5. The first-order chi connectivity index (χ1) is 15.8. The third-order valence-electron chi connectivity index (χ3n) is 6.76. The summed E-state index contributed by atoms with van der Waals surface area (Å²) >= 11 is 0. The highest BCUT2D eigenvalue weighted by Crippen LogP contribution is 2.35. The average molecular weight is 433 g/mol. The molecule has 168 valence electrons. The van der Waals surface area contributed by atoms with E-state index in [1.807, 2.05) is 18.5 Å². The van der Waals surface area contributed by atoms with Crippen molar-refractivity contribution >= 4 is 0 Å². The smallest absolute Gasteiger partial charge is 0.173 e. The molecule has 7 heteroatoms. The van der Waals surface area contributed by atoms with Crippen LogP contribution in [0.4, 0.5) is 0 Å². The number of nitrogens with zero attached hydrogens (tertiary/aromatic N) is 6. The zero-order chi connectivity index (χ0) is 21.8. The van der Waals surface area contributed by atoms with E-state index in [1.54, 1.807) is 0 Å². The number of aromatic nitrogens is 5. The molecule has 2 atom stereocenters. The van der Waals surface area contributed by atoms with Crippen LogP contribution in [-0.2, 0) is 11.3 Å². The van der Waals surface area contributed by atoms with Crippen molar-refractivity contribution in [2.45, 2.75) is 70.2 Å². The van der Waals surface area contributed by atoms with Crippen LogP contribution < -0.4 is 0 Å². The van der Waals surface area contributed by atoms with Gasteiger partial charge in [-0.15, -0.1) is 5.10 Å². The predicted molar refractivity (Wildman–Crippen MR) is 122 cm³/mol. The molecule has 2 fully saturated rings. The molecule has 0 unspecified atom stereocenters. The van der Waals surface area contributed by atoms with Gasteiger partial charge in [0.1, 0.15) is 0 Å². The van der Waals surface area contributed by atoms with Crippen molar-refractivity contribution in [3.05, 3.63) is 71.3 Å². The second kappa shape index (κ2) is 9.88. The Morgan fingerprint density at radius 1 is 1.09 bits per heavy atom. The number of ether oxygens (including phenoxy) is 1. The SMILES string of the molecule is Cc1ccc([C@H](c2nnnn2C2CCCC2)N(Cc2cccnc2)C[C@@H]2CCCO2)cc1. The summed E-state index contributed by atoms with van der Waals surface area (Å²) in [6.07, 6.45) is 11.0. The average Bonchev–Trinajstić information content (AvgIpc) is 3.59. The predicted octanol–water partition coefficient (Wildman–Crippen LogP) is 4.26. The van der Waals surface area contributed by atoms with Crippen LogP contribution in [0.5, 0.6) is 0 Å². The molecule has 0 amide bonds. The number of pyridine rings is 1. The number of tetrazole rings is 1. The maximum absolute atomic E-state index is 6.06. The van der Waals surface area contributed by atoms with Crippen LogP contribution in [0.25, 0.3) is 0 Å². The molecule has 3 heterocycles. The maximum atomic E-state index is 6.06. The molecule has 1 aliphatic heterocycles. The minimum atomic E-state index is -0.0457. The quantitative estimate of drug-likeness (QED) is 0.530. The minimum Gasteiger partial charge on any atom is -0.377 e. The maximum Gasteiger partial charge on any atom is 0.173 e. The van der Waals surface area contributed by atoms with Crippen LogP contribution in [0.1, 0.15) is 73.1 Å². The fraction of sp³-hybridized carbons (Fsp3) is 0.520. The van der Waals surface area contributed by atoms with Gasteiger partial charge in [0.25, 0.3) is 0 Å². The largest absolute Gasteiger partial charge is 0.377 e. The van der Waals surface area contributed by atoms with Gasteiger partial charge in [0.15, 0.2) is 5.82 Å². The first-order valence-corrected chi connectivity index (χ1v) is 11.9. The van der Waals surface area contributed by atoms with Crippen molar-refractivity contribution < 1.29 is 4.74 Å². The van der Waals surface area contributed by atoms with E-state index in [9.17, 15) is 0 Å². The lowest BCUT2D eigenvalue weighted by molar-refractivity contribution is 0.0571. The van der Waals surface area contributed by atoms with Crippen molar-refractivity contribution in [3.8, 4) is 0 Å². The molecule has 0 spiro atoms. The molecule has 0 radical (unpaired) electrons. The Hall–Kier alpha value is -2.64. The zero-order valence-electron chi connectivity index (χ0n) is 18.8. The number of hydrogen-bond donors (Lipinski definition) is 0. The van der Waals surface area contributed by atoms with Crippen molar-refractivity contribution in [1.29, 1.82) is 0 Å². The van der Waals surface area contributed by atoms with Crippen LogP contribution >= 0.6 is 0 Å². The first kappa shape index (κ1) is 21.2. The van der Waals surface area contributed by atoms with E-state index in [4.69, 9.17) is 4.74 Å². The Kier molecular flexibility index (Phi) is 6.55. The van der Waals surface area contributed by atoms with Crippen LogP contribution in [0.2, 0.25) is 0 Å². The molecule has 1 saturated heterocycles. The van der Waals surface area contributed by atoms with E-state index in [2.05, 4.69) is 67.3 Å². The number of aryl methyl sites for hydroxylation is 1. The van der Waals surface area contributed by atoms with Gasteiger partial charge in [0.05, 0.1) is 18.2 Å². The Bertz CT molecular complexity index is 977. The molecular weight excluding hydrogens is 400 g/mol. The van der Waals surface area contributed by atoms with Crippen LogP contribution in [0.3, 0.4) is 0 Å². The third kappa shape index (κ3) is 4.74. The van der Waals surface area contributed by atoms with Crippen LogP contribution in [0.15, 0.2) is 48.8 Å². The summed E-state index contributed by atoms with van der Waals surface area (Å²) in [6.45, 7) is 4.58. The van der Waals surface area contributed by atoms with Crippen LogP contribution in [-0.4, -0.2) is 49.3 Å². The molecule has 1 aliphatic carbocycles. The fourth-order valence-corrected chi connectivity index (χ4v) is 5.10. The van der Waals surface area contributed by atoms with Gasteiger partial charge in [0.2, 0.25) is 0 Å². The standard InChI is InChI=1S/C25H32N6O/c1-19-10-12-21(13-11-19)24(25-27-28-29-31(25)22-7-2-3-8-22)30(18-23-9-5-15-32-23)17-20-6-4-14-26-16-20/h4,6,10-14,16,22-24H,2-3,5,7-9,15,17-18H2,1H3/t23-,24+/m0/s1. The highest BCUT2D eigenvalue weighted by molar-refractivity contribution is 5.29. The molecule has 1 saturated carbocycles. The highest BCUT2D eigenvalue weighted by Gasteiger charge is 2.33. The summed E-state index contributed by atoms with van der Waals surface area (Å²) in [5.41, 5.74) is 3.65. The van der Waals surface area contributed by atoms with Gasteiger partial charge >= 0.3 is 0 Å². The molecule has 0 N–H and O–H groups in total. The van der Waals surface area contributed by atoms with E-state index < -0.39 is 0 Å². The molecule has 3 aromatic rings. The molecule has 1 aromatic carbocycles. The lowest BCUT2D eigenvalue weighted by atomic mass is 10.0. The molecule has 32 heavy (non-hydrogen) atoms. The van der Waals surface area contributed by atoms with Gasteiger partial charge in [-0.3, -0.25) is 9.88 Å². The van der Waals surface area contributed by atoms with Gasteiger partial charge < -0.3 is 4.74 Å². The van der Waals surface area contributed by atoms with Gasteiger partial charge in [-0.1, -0.05) is 48.7 Å². The summed E-state index contributed by atoms with van der Waals surface area (Å²) < 4.78 is 8.16. The molecule has 5 rings (SSSR count). The Balaban J connectivity index is 1.55. The van der Waals surface area contributed by atoms with Crippen molar-refractivity contribution in [1.82, 2.24) is 30.1 Å². The Morgan fingerprint density at radius 2 is 1.94 bits per heavy atom. The van der Waals surface area contributed by atoms with Crippen molar-refractivity contribution in [2.75, 3.05) is 13.2 Å². The first-order valence-electron chi connectivity index (χ1n) is 11.9. The van der Waals surface area contributed by atoms with E-state index >= 15 is 0 Å². The van der Waals surface area contributed by atoms with Gasteiger partial charge in [-0.05, 0) is 60.2 Å². The van der Waals surface area contributed by atoms with Crippen molar-refractivity contribution in [2.24, 2.45) is 0 Å². The van der Waals surface area contributed by atoms with Gasteiger partial charge in [-0.25, -0.2) is 4.68 Å². The normalized spacial score (nSPS) is 20.2. The van der Waals surface area contributed by atoms with E-state index in [0.717, 1.165) is 51.2 Å². The fourth-order valence-electron chi connectivity index (χ4n) is 5.10. The monoisotopic (exact) mass is 432 g/mol. The minimum absolute atomic E-state index is 0.0457. The van der Waals surface area contributed by atoms with E-state index in [1.165, 1.54) is 29.5 Å². The molecule has 0 bridgehead atoms. The number of rotatable bonds is 8. The number of benzene rings is 1. The van der Waals surface area contributed by atoms with Gasteiger partial charge in [-0.2, -0.15) is 0 Å². The Morgan fingerprint density at radius 3 is 2.66 bits per heavy atom. The summed E-state index contributed by atoms with van der Waals surface area (Å²) in [5, 5.41) is 13.2. The molecule has 2 aliphatic rings. The topological polar surface area (TPSA) is 69.0 Å². The zero-order valence-corrected chi connectivity index (χ0v) is 18.8. The molecule has 2 aromatic heterocycles. The summed E-state index contributed by atoms with van der Waals surface area (Å²) in [5.74, 6) is 0.933. The van der Waals surface area contributed by atoms with Crippen molar-refractivity contribution in [3.63, 3.8) is 0 Å². The van der Waals surface area contributed by atoms with Gasteiger partial charge in [0, 0.05) is 32.1 Å². The van der Waals surface area contributed by atoms with E-state index in [-0.39, 0.29) is 12.1 Å². The molecular formula is C25H32N6O. The summed E-state index contributed by atoms with van der Waals surface area (Å²) in [6, 6.07) is 13.3. The lowest BCUT2D eigenvalue weighted by Gasteiger charge is -2.33. The molecule has 7 nitrogen and oxygen atoms in total. The number of hydrogen-bond acceptors (Lipinski definition) is 6. The second-order valence-electron chi connectivity index (χ2n) is 9.16. The van der Waals surface area contributed by atoms with Crippen LogP contribution in [0, 0.1) is 6.92 Å². The Labute approximate surface area is 189 Å². The summed E-state index contributed by atoms with van der Waals surface area (Å²) in [7, 11) is 0. The second-order valence-corrected chi connectivity index (χ2v) is 9.16. The third-order valence-corrected chi connectivity index (χ3v) is 6.76. The lowest BCUT2D eigenvalue weighted by Crippen LogP contribution is -2.37. The van der Waals surface area contributed by atoms with E-state index in [0.29, 0.717) is 6.04 Å². The summed E-state index contributed by atoms with van der Waals surface area (Å²) in [4.78, 5) is 6.83.